The Hall–Kier alpha value is -2.65. The summed E-state index contributed by atoms with van der Waals surface area (Å²) in [6.07, 6.45) is -9.26. The molecular formula is C20H20F7NO2. The summed E-state index contributed by atoms with van der Waals surface area (Å²) < 4.78 is 94.2. The molecule has 30 heavy (non-hydrogen) atoms. The van der Waals surface area contributed by atoms with Gasteiger partial charge in [-0.3, -0.25) is 0 Å². The normalized spacial score (nSPS) is 12.1. The predicted octanol–water partition coefficient (Wildman–Crippen LogP) is 6.66. The van der Waals surface area contributed by atoms with Gasteiger partial charge in [-0.1, -0.05) is 0 Å². The monoisotopic (exact) mass is 439 g/mol. The molecule has 2 N–H and O–H groups in total. The van der Waals surface area contributed by atoms with E-state index in [0.29, 0.717) is 6.42 Å². The Kier molecular flexibility index (Phi) is 7.80. The number of nitrogens with one attached hydrogen (secondary N) is 1. The van der Waals surface area contributed by atoms with Gasteiger partial charge in [-0.2, -0.15) is 26.3 Å². The summed E-state index contributed by atoms with van der Waals surface area (Å²) in [4.78, 5) is 0. The molecular weight excluding hydrogens is 419 g/mol. The molecule has 0 unspecified atom stereocenters. The molecule has 0 saturated heterocycles. The van der Waals surface area contributed by atoms with Crippen molar-refractivity contribution in [3.05, 3.63) is 53.3 Å². The standard InChI is InChI=1S/C20H20F7NO2/c21-15-5-6-17(29)13(10-15)12-28-16-11-14(20(25,26)27)4-7-18(16)30-9-3-1-2-8-19(22,23)24/h4-7,10-11,28-29H,1-3,8-9,12H2. The predicted molar refractivity (Wildman–Crippen MR) is 96.9 cm³/mol. The highest BCUT2D eigenvalue weighted by Gasteiger charge is 2.31. The number of hydrogen-bond donors (Lipinski definition) is 2. The first-order valence-corrected chi connectivity index (χ1v) is 9.08. The van der Waals surface area contributed by atoms with Crippen molar-refractivity contribution in [1.82, 2.24) is 0 Å². The highest BCUT2D eigenvalue weighted by Crippen LogP contribution is 2.35. The number of phenolic OH excluding ortho intramolecular Hbond substituents is 1. The lowest BCUT2D eigenvalue weighted by atomic mass is 10.1. The molecule has 0 saturated carbocycles. The lowest BCUT2D eigenvalue weighted by Gasteiger charge is -2.16. The zero-order valence-electron chi connectivity index (χ0n) is 15.7. The maximum absolute atomic E-state index is 13.3. The Morgan fingerprint density at radius 1 is 0.900 bits per heavy atom. The van der Waals surface area contributed by atoms with E-state index in [9.17, 15) is 35.8 Å². The molecule has 0 aliphatic rings. The molecule has 10 heteroatoms. The molecule has 0 aliphatic carbocycles. The zero-order valence-corrected chi connectivity index (χ0v) is 15.7. The van der Waals surface area contributed by atoms with E-state index in [1.54, 1.807) is 0 Å². The molecule has 3 nitrogen and oxygen atoms in total. The summed E-state index contributed by atoms with van der Waals surface area (Å²) in [6.45, 7) is -0.157. The Labute approximate surface area is 168 Å². The van der Waals surface area contributed by atoms with Crippen LogP contribution in [-0.2, 0) is 12.7 Å². The van der Waals surface area contributed by atoms with Gasteiger partial charge in [-0.15, -0.1) is 0 Å². The second-order valence-electron chi connectivity index (χ2n) is 6.61. The lowest BCUT2D eigenvalue weighted by Crippen LogP contribution is -2.09. The summed E-state index contributed by atoms with van der Waals surface area (Å²) in [5.41, 5.74) is -0.847. The molecule has 0 aromatic heterocycles. The minimum atomic E-state index is -4.60. The van der Waals surface area contributed by atoms with Crippen LogP contribution in [0.2, 0.25) is 0 Å². The Morgan fingerprint density at radius 3 is 2.30 bits per heavy atom. The van der Waals surface area contributed by atoms with Gasteiger partial charge in [0.2, 0.25) is 0 Å². The van der Waals surface area contributed by atoms with Crippen molar-refractivity contribution < 1.29 is 40.6 Å². The van der Waals surface area contributed by atoms with E-state index < -0.39 is 30.2 Å². The molecule has 0 atom stereocenters. The van der Waals surface area contributed by atoms with Crippen molar-refractivity contribution in [3.8, 4) is 11.5 Å². The van der Waals surface area contributed by atoms with Crippen LogP contribution in [0.1, 0.15) is 36.8 Å². The van der Waals surface area contributed by atoms with Crippen molar-refractivity contribution in [2.24, 2.45) is 0 Å². The molecule has 0 radical (unpaired) electrons. The van der Waals surface area contributed by atoms with E-state index in [2.05, 4.69) is 5.32 Å². The molecule has 0 heterocycles. The van der Waals surface area contributed by atoms with Crippen LogP contribution in [0.5, 0.6) is 11.5 Å². The first-order valence-electron chi connectivity index (χ1n) is 9.08. The van der Waals surface area contributed by atoms with Gasteiger partial charge in [0.25, 0.3) is 0 Å². The fourth-order valence-electron chi connectivity index (χ4n) is 2.64. The maximum Gasteiger partial charge on any atom is 0.416 e. The SMILES string of the molecule is Oc1ccc(F)cc1CNc1cc(C(F)(F)F)ccc1OCCCCCC(F)(F)F. The van der Waals surface area contributed by atoms with Crippen molar-refractivity contribution >= 4 is 5.69 Å². The number of ether oxygens (including phenoxy) is 1. The molecule has 0 fully saturated rings. The van der Waals surface area contributed by atoms with Crippen LogP contribution >= 0.6 is 0 Å². The summed E-state index contributed by atoms with van der Waals surface area (Å²) in [5.74, 6) is -0.790. The van der Waals surface area contributed by atoms with Crippen LogP contribution in [0.25, 0.3) is 0 Å². The Bertz CT molecular complexity index is 835. The number of halogens is 7. The van der Waals surface area contributed by atoms with Crippen molar-refractivity contribution in [1.29, 1.82) is 0 Å². The fraction of sp³-hybridized carbons (Fsp3) is 0.400. The van der Waals surface area contributed by atoms with Gasteiger partial charge in [0.1, 0.15) is 17.3 Å². The minimum absolute atomic E-state index is 0.0170. The minimum Gasteiger partial charge on any atom is -0.508 e. The van der Waals surface area contributed by atoms with Gasteiger partial charge in [0.05, 0.1) is 17.9 Å². The third-order valence-electron chi connectivity index (χ3n) is 4.18. The van der Waals surface area contributed by atoms with E-state index in [4.69, 9.17) is 4.74 Å². The van der Waals surface area contributed by atoms with Crippen LogP contribution in [0.3, 0.4) is 0 Å². The van der Waals surface area contributed by atoms with E-state index in [1.807, 2.05) is 0 Å². The molecule has 2 rings (SSSR count). The third kappa shape index (κ3) is 7.64. The highest BCUT2D eigenvalue weighted by molar-refractivity contribution is 5.59. The lowest BCUT2D eigenvalue weighted by molar-refractivity contribution is -0.137. The molecule has 0 amide bonds. The van der Waals surface area contributed by atoms with Crippen molar-refractivity contribution in [2.75, 3.05) is 11.9 Å². The second kappa shape index (κ2) is 9.90. The first kappa shape index (κ1) is 23.6. The number of unbranched alkanes of at least 4 members (excludes halogenated alkanes) is 2. The Morgan fingerprint density at radius 2 is 1.63 bits per heavy atom. The van der Waals surface area contributed by atoms with E-state index in [0.717, 1.165) is 36.4 Å². The summed E-state index contributed by atoms with van der Waals surface area (Å²) in [7, 11) is 0. The summed E-state index contributed by atoms with van der Waals surface area (Å²) >= 11 is 0. The van der Waals surface area contributed by atoms with Crippen LogP contribution in [-0.4, -0.2) is 17.9 Å². The number of rotatable bonds is 9. The average Bonchev–Trinajstić information content (AvgIpc) is 2.64. The van der Waals surface area contributed by atoms with E-state index in [1.165, 1.54) is 0 Å². The van der Waals surface area contributed by atoms with E-state index in [-0.39, 0.29) is 48.7 Å². The molecule has 2 aromatic carbocycles. The summed E-state index contributed by atoms with van der Waals surface area (Å²) in [6, 6.07) is 5.94. The first-order chi connectivity index (χ1) is 14.0. The number of hydrogen-bond acceptors (Lipinski definition) is 3. The van der Waals surface area contributed by atoms with Gasteiger partial charge in [-0.05, 0) is 55.7 Å². The molecule has 0 bridgehead atoms. The molecule has 0 aliphatic heterocycles. The van der Waals surface area contributed by atoms with Gasteiger partial charge < -0.3 is 15.2 Å². The van der Waals surface area contributed by atoms with Crippen molar-refractivity contribution in [3.63, 3.8) is 0 Å². The number of anilines is 1. The second-order valence-corrected chi connectivity index (χ2v) is 6.61. The van der Waals surface area contributed by atoms with E-state index >= 15 is 0 Å². The maximum atomic E-state index is 13.3. The smallest absolute Gasteiger partial charge is 0.416 e. The Balaban J connectivity index is 2.04. The van der Waals surface area contributed by atoms with Crippen LogP contribution in [0.4, 0.5) is 36.4 Å². The molecule has 0 spiro atoms. The highest BCUT2D eigenvalue weighted by atomic mass is 19.4. The largest absolute Gasteiger partial charge is 0.508 e. The van der Waals surface area contributed by atoms with Gasteiger partial charge in [0, 0.05) is 18.5 Å². The van der Waals surface area contributed by atoms with Crippen molar-refractivity contribution in [2.45, 2.75) is 44.6 Å². The van der Waals surface area contributed by atoms with Gasteiger partial charge in [0.15, 0.2) is 0 Å². The number of benzene rings is 2. The zero-order chi connectivity index (χ0) is 22.4. The van der Waals surface area contributed by atoms with Crippen LogP contribution < -0.4 is 10.1 Å². The topological polar surface area (TPSA) is 41.5 Å². The average molecular weight is 439 g/mol. The third-order valence-corrected chi connectivity index (χ3v) is 4.18. The number of aromatic hydroxyl groups is 1. The number of alkyl halides is 6. The fourth-order valence-corrected chi connectivity index (χ4v) is 2.64. The summed E-state index contributed by atoms with van der Waals surface area (Å²) in [5, 5.41) is 12.4. The van der Waals surface area contributed by atoms with Gasteiger partial charge >= 0.3 is 12.4 Å². The van der Waals surface area contributed by atoms with Crippen LogP contribution in [0, 0.1) is 5.82 Å². The van der Waals surface area contributed by atoms with Crippen LogP contribution in [0.15, 0.2) is 36.4 Å². The van der Waals surface area contributed by atoms with Gasteiger partial charge in [-0.25, -0.2) is 4.39 Å². The number of phenols is 1. The quantitative estimate of drug-likeness (QED) is 0.339. The molecule has 2 aromatic rings. The molecule has 166 valence electrons.